The molecule has 84 valence electrons. The molecule has 0 bridgehead atoms. The summed E-state index contributed by atoms with van der Waals surface area (Å²) in [5.41, 5.74) is 0. The lowest BCUT2D eigenvalue weighted by atomic mass is 10.4. The van der Waals surface area contributed by atoms with Crippen molar-refractivity contribution in [2.75, 3.05) is 6.61 Å². The van der Waals surface area contributed by atoms with Gasteiger partial charge in [0, 0.05) is 6.20 Å². The van der Waals surface area contributed by atoms with Crippen LogP contribution in [0.2, 0.25) is 5.02 Å². The van der Waals surface area contributed by atoms with Gasteiger partial charge in [0.2, 0.25) is 5.88 Å². The molecule has 0 fully saturated rings. The van der Waals surface area contributed by atoms with Gasteiger partial charge < -0.3 is 4.74 Å². The second kappa shape index (κ2) is 5.03. The third-order valence-corrected chi connectivity index (χ3v) is 2.17. The van der Waals surface area contributed by atoms with Crippen molar-refractivity contribution in [3.63, 3.8) is 0 Å². The molecular weight excluding hydrogens is 298 g/mol. The summed E-state index contributed by atoms with van der Waals surface area (Å²) >= 11 is 8.67. The highest BCUT2D eigenvalue weighted by Crippen LogP contribution is 2.26. The van der Waals surface area contributed by atoms with Crippen molar-refractivity contribution in [1.29, 1.82) is 0 Å². The maximum atomic E-state index is 11.8. The molecule has 2 nitrogen and oxygen atoms in total. The van der Waals surface area contributed by atoms with E-state index in [0.29, 0.717) is 9.50 Å². The third kappa shape index (κ3) is 4.70. The fourth-order valence-corrected chi connectivity index (χ4v) is 1.52. The van der Waals surface area contributed by atoms with Crippen LogP contribution in [-0.2, 0) is 0 Å². The molecule has 0 radical (unpaired) electrons. The lowest BCUT2D eigenvalue weighted by Gasteiger charge is -2.08. The normalized spacial score (nSPS) is 11.5. The van der Waals surface area contributed by atoms with E-state index in [1.165, 1.54) is 12.3 Å². The number of halogens is 5. The van der Waals surface area contributed by atoms with E-state index < -0.39 is 19.2 Å². The highest BCUT2D eigenvalue weighted by atomic mass is 79.9. The van der Waals surface area contributed by atoms with Gasteiger partial charge in [0.15, 0.2) is 0 Å². The Morgan fingerprint density at radius 1 is 1.47 bits per heavy atom. The molecule has 0 saturated heterocycles. The molecule has 0 unspecified atom stereocenters. The van der Waals surface area contributed by atoms with E-state index in [-0.39, 0.29) is 5.88 Å². The fourth-order valence-electron chi connectivity index (χ4n) is 0.772. The zero-order valence-corrected chi connectivity index (χ0v) is 9.66. The van der Waals surface area contributed by atoms with E-state index in [2.05, 4.69) is 20.9 Å². The van der Waals surface area contributed by atoms with Gasteiger partial charge >= 0.3 is 6.18 Å². The van der Waals surface area contributed by atoms with Crippen molar-refractivity contribution < 1.29 is 17.9 Å². The van der Waals surface area contributed by atoms with E-state index in [1.54, 1.807) is 0 Å². The molecule has 0 atom stereocenters. The summed E-state index contributed by atoms with van der Waals surface area (Å²) in [5.74, 6) is 0.101. The molecule has 0 aliphatic carbocycles. The van der Waals surface area contributed by atoms with Crippen molar-refractivity contribution in [3.8, 4) is 5.88 Å². The first kappa shape index (κ1) is 12.6. The van der Waals surface area contributed by atoms with Crippen LogP contribution in [0.1, 0.15) is 6.42 Å². The van der Waals surface area contributed by atoms with Gasteiger partial charge in [-0.1, -0.05) is 11.6 Å². The Balaban J connectivity index is 2.51. The second-order valence-electron chi connectivity index (χ2n) is 2.65. The highest BCUT2D eigenvalue weighted by molar-refractivity contribution is 9.10. The Hall–Kier alpha value is -0.490. The highest BCUT2D eigenvalue weighted by Gasteiger charge is 2.27. The first-order valence-electron chi connectivity index (χ1n) is 3.89. The quantitative estimate of drug-likeness (QED) is 0.846. The summed E-state index contributed by atoms with van der Waals surface area (Å²) in [6.45, 7) is -0.462. The summed E-state index contributed by atoms with van der Waals surface area (Å²) in [4.78, 5) is 3.73. The monoisotopic (exact) mass is 303 g/mol. The van der Waals surface area contributed by atoms with E-state index in [9.17, 15) is 13.2 Å². The number of rotatable bonds is 3. The number of pyridine rings is 1. The molecule has 0 aromatic carbocycles. The van der Waals surface area contributed by atoms with E-state index in [4.69, 9.17) is 16.3 Å². The maximum absolute atomic E-state index is 11.8. The largest absolute Gasteiger partial charge is 0.477 e. The van der Waals surface area contributed by atoms with Crippen LogP contribution in [0.4, 0.5) is 13.2 Å². The van der Waals surface area contributed by atoms with Crippen molar-refractivity contribution in [1.82, 2.24) is 4.98 Å². The summed E-state index contributed by atoms with van der Waals surface area (Å²) in [6, 6.07) is 1.50. The van der Waals surface area contributed by atoms with Crippen LogP contribution in [0.15, 0.2) is 16.7 Å². The SMILES string of the molecule is FC(F)(F)CCOc1ncc(Cl)cc1Br. The van der Waals surface area contributed by atoms with Crippen LogP contribution < -0.4 is 4.74 Å². The predicted molar refractivity (Wildman–Crippen MR) is 53.1 cm³/mol. The molecule has 1 heterocycles. The van der Waals surface area contributed by atoms with Gasteiger partial charge in [0.05, 0.1) is 22.5 Å². The number of aromatic nitrogens is 1. The lowest BCUT2D eigenvalue weighted by molar-refractivity contribution is -0.139. The van der Waals surface area contributed by atoms with Crippen LogP contribution in [-0.4, -0.2) is 17.8 Å². The minimum Gasteiger partial charge on any atom is -0.477 e. The summed E-state index contributed by atoms with van der Waals surface area (Å²) in [5, 5.41) is 0.380. The van der Waals surface area contributed by atoms with Crippen molar-refractivity contribution >= 4 is 27.5 Å². The number of hydrogen-bond acceptors (Lipinski definition) is 2. The van der Waals surface area contributed by atoms with Crippen LogP contribution in [0.25, 0.3) is 0 Å². The summed E-state index contributed by atoms with van der Waals surface area (Å²) in [6.07, 6.45) is -3.93. The van der Waals surface area contributed by atoms with Gasteiger partial charge in [0.1, 0.15) is 0 Å². The third-order valence-electron chi connectivity index (χ3n) is 1.40. The Kier molecular flexibility index (Phi) is 4.21. The summed E-state index contributed by atoms with van der Waals surface area (Å²) in [7, 11) is 0. The van der Waals surface area contributed by atoms with Crippen molar-refractivity contribution in [2.24, 2.45) is 0 Å². The molecule has 7 heteroatoms. The van der Waals surface area contributed by atoms with Gasteiger partial charge in [-0.05, 0) is 22.0 Å². The van der Waals surface area contributed by atoms with Gasteiger partial charge in [-0.25, -0.2) is 4.98 Å². The molecule has 0 aliphatic heterocycles. The first-order valence-corrected chi connectivity index (χ1v) is 5.06. The minimum atomic E-state index is -4.22. The zero-order chi connectivity index (χ0) is 11.5. The van der Waals surface area contributed by atoms with Gasteiger partial charge in [-0.3, -0.25) is 0 Å². The number of nitrogens with zero attached hydrogens (tertiary/aromatic N) is 1. The maximum Gasteiger partial charge on any atom is 0.392 e. The summed E-state index contributed by atoms with van der Waals surface area (Å²) < 4.78 is 40.6. The number of ether oxygens (including phenoxy) is 1. The Morgan fingerprint density at radius 3 is 2.67 bits per heavy atom. The lowest BCUT2D eigenvalue weighted by Crippen LogP contribution is -2.13. The molecular formula is C8H6BrClF3NO. The van der Waals surface area contributed by atoms with Crippen LogP contribution in [0.5, 0.6) is 5.88 Å². The van der Waals surface area contributed by atoms with Gasteiger partial charge in [-0.15, -0.1) is 0 Å². The Morgan fingerprint density at radius 2 is 2.13 bits per heavy atom. The standard InChI is InChI=1S/C8H6BrClF3NO/c9-6-3-5(10)4-14-7(6)15-2-1-8(11,12)13/h3-4H,1-2H2. The average Bonchev–Trinajstić information content (AvgIpc) is 2.07. The number of alkyl halides is 3. The molecule has 0 saturated carbocycles. The van der Waals surface area contributed by atoms with E-state index in [1.807, 2.05) is 0 Å². The smallest absolute Gasteiger partial charge is 0.392 e. The second-order valence-corrected chi connectivity index (χ2v) is 3.94. The fraction of sp³-hybridized carbons (Fsp3) is 0.375. The van der Waals surface area contributed by atoms with Crippen LogP contribution in [0.3, 0.4) is 0 Å². The van der Waals surface area contributed by atoms with Crippen LogP contribution >= 0.6 is 27.5 Å². The molecule has 0 N–H and O–H groups in total. The minimum absolute atomic E-state index is 0.101. The van der Waals surface area contributed by atoms with E-state index in [0.717, 1.165) is 0 Å². The van der Waals surface area contributed by atoms with Gasteiger partial charge in [0.25, 0.3) is 0 Å². The molecule has 0 spiro atoms. The molecule has 1 aromatic rings. The van der Waals surface area contributed by atoms with Crippen molar-refractivity contribution in [3.05, 3.63) is 21.8 Å². The Labute approximate surface area is 97.5 Å². The van der Waals surface area contributed by atoms with Crippen molar-refractivity contribution in [2.45, 2.75) is 12.6 Å². The topological polar surface area (TPSA) is 22.1 Å². The first-order chi connectivity index (χ1) is 6.88. The number of hydrogen-bond donors (Lipinski definition) is 0. The average molecular weight is 304 g/mol. The molecule has 1 aromatic heterocycles. The van der Waals surface area contributed by atoms with Crippen LogP contribution in [0, 0.1) is 0 Å². The van der Waals surface area contributed by atoms with E-state index >= 15 is 0 Å². The molecule has 1 rings (SSSR count). The predicted octanol–water partition coefficient (Wildman–Crippen LogP) is 3.83. The Bertz CT molecular complexity index is 345. The zero-order valence-electron chi connectivity index (χ0n) is 7.31. The molecule has 15 heavy (non-hydrogen) atoms. The van der Waals surface area contributed by atoms with Gasteiger partial charge in [-0.2, -0.15) is 13.2 Å². The molecule has 0 aliphatic rings. The molecule has 0 amide bonds.